The van der Waals surface area contributed by atoms with E-state index in [2.05, 4.69) is 51.5 Å². The zero-order chi connectivity index (χ0) is 34.9. The van der Waals surface area contributed by atoms with Gasteiger partial charge in [-0.05, 0) is 106 Å². The first-order valence-corrected chi connectivity index (χ1v) is 20.9. The highest BCUT2D eigenvalue weighted by Crippen LogP contribution is 2.47. The van der Waals surface area contributed by atoms with E-state index < -0.39 is 15.6 Å². The monoisotopic (exact) mass is 715 g/mol. The summed E-state index contributed by atoms with van der Waals surface area (Å²) in [6, 6.07) is 12.4. The molecule has 50 heavy (non-hydrogen) atoms. The van der Waals surface area contributed by atoms with Crippen LogP contribution in [-0.4, -0.2) is 65.3 Å². The van der Waals surface area contributed by atoms with Crippen molar-refractivity contribution in [2.24, 2.45) is 16.2 Å². The molecule has 7 rings (SSSR count). The van der Waals surface area contributed by atoms with Gasteiger partial charge in [0, 0.05) is 48.7 Å². The molecule has 0 N–H and O–H groups in total. The van der Waals surface area contributed by atoms with Gasteiger partial charge in [0.1, 0.15) is 11.5 Å². The number of ketones is 1. The molecule has 3 heterocycles. The van der Waals surface area contributed by atoms with E-state index in [1.165, 1.54) is 16.7 Å². The van der Waals surface area contributed by atoms with Crippen molar-refractivity contribution in [1.29, 1.82) is 0 Å². The van der Waals surface area contributed by atoms with Crippen LogP contribution in [0, 0.1) is 25.7 Å². The summed E-state index contributed by atoms with van der Waals surface area (Å²) < 4.78 is 31.5. The third kappa shape index (κ3) is 7.48. The van der Waals surface area contributed by atoms with Crippen LogP contribution in [0.25, 0.3) is 0 Å². The smallest absolute Gasteiger partial charge is 0.285 e. The molecule has 2 aliphatic carbocycles. The number of hydrogen-bond acceptors (Lipinski definition) is 8. The second kappa shape index (κ2) is 14.7. The van der Waals surface area contributed by atoms with E-state index in [9.17, 15) is 13.8 Å². The largest absolute Gasteiger partial charge is 0.490 e. The van der Waals surface area contributed by atoms with Gasteiger partial charge in [-0.15, -0.1) is 11.3 Å². The maximum atomic E-state index is 14.4. The van der Waals surface area contributed by atoms with Crippen LogP contribution < -0.4 is 9.64 Å². The Morgan fingerprint density at radius 3 is 2.82 bits per heavy atom. The second-order valence-corrected chi connectivity index (χ2v) is 18.3. The number of carbonyl (C=O) groups excluding carboxylic acids is 2. The lowest BCUT2D eigenvalue weighted by atomic mass is 9.68. The average Bonchev–Trinajstić information content (AvgIpc) is 3.44. The van der Waals surface area contributed by atoms with Crippen molar-refractivity contribution in [3.63, 3.8) is 0 Å². The molecule has 1 aromatic heterocycles. The number of amides is 1. The van der Waals surface area contributed by atoms with Gasteiger partial charge in [0.05, 0.1) is 44.6 Å². The molecule has 1 saturated carbocycles. The summed E-state index contributed by atoms with van der Waals surface area (Å²) in [7, 11) is -1.36. The second-order valence-electron chi connectivity index (χ2n) is 14.8. The molecule has 1 amide bonds. The molecule has 1 unspecified atom stereocenters. The first-order valence-electron chi connectivity index (χ1n) is 18.1. The summed E-state index contributed by atoms with van der Waals surface area (Å²) in [6.07, 6.45) is 11.6. The number of anilines is 1. The van der Waals surface area contributed by atoms with Crippen LogP contribution in [0.2, 0.25) is 0 Å². The van der Waals surface area contributed by atoms with Crippen molar-refractivity contribution in [3.8, 4) is 5.75 Å². The summed E-state index contributed by atoms with van der Waals surface area (Å²) >= 11 is 1.55. The summed E-state index contributed by atoms with van der Waals surface area (Å²) in [5.41, 5.74) is 5.99. The SMILES string of the molecule is CO[C@H]1/C=C/CCCS(=O)(CC(=O)CCc2csc(C)n2)=NC(=O)c2ccc3c(c2)N(C[C@@H]2CC[C@H]21)C[C@@]1(CCCc2cc(C)ccc21)CO3. The van der Waals surface area contributed by atoms with E-state index in [1.54, 1.807) is 24.5 Å². The fraction of sp³-hybridized carbons (Fsp3) is 0.525. The molecule has 3 aromatic rings. The van der Waals surface area contributed by atoms with Gasteiger partial charge in [-0.2, -0.15) is 4.36 Å². The molecule has 1 fully saturated rings. The number of aryl methyl sites for hydroxylation is 4. The van der Waals surface area contributed by atoms with E-state index in [0.717, 1.165) is 67.3 Å². The van der Waals surface area contributed by atoms with Gasteiger partial charge in [-0.1, -0.05) is 35.9 Å². The van der Waals surface area contributed by atoms with E-state index in [-0.39, 0.29) is 35.2 Å². The van der Waals surface area contributed by atoms with Gasteiger partial charge >= 0.3 is 0 Å². The highest BCUT2D eigenvalue weighted by molar-refractivity contribution is 7.94. The van der Waals surface area contributed by atoms with E-state index in [1.807, 2.05) is 24.4 Å². The van der Waals surface area contributed by atoms with Crippen molar-refractivity contribution in [3.05, 3.63) is 86.9 Å². The van der Waals surface area contributed by atoms with Crippen molar-refractivity contribution in [2.75, 3.05) is 43.2 Å². The predicted molar refractivity (Wildman–Crippen MR) is 200 cm³/mol. The molecular formula is C40H49N3O5S2. The third-order valence-electron chi connectivity index (χ3n) is 11.2. The molecule has 0 saturated heterocycles. The van der Waals surface area contributed by atoms with Crippen molar-refractivity contribution < 1.29 is 23.3 Å². The molecule has 5 atom stereocenters. The van der Waals surface area contributed by atoms with Crippen molar-refractivity contribution in [2.45, 2.75) is 83.2 Å². The first kappa shape index (κ1) is 35.1. The van der Waals surface area contributed by atoms with Gasteiger partial charge in [-0.25, -0.2) is 9.19 Å². The Morgan fingerprint density at radius 1 is 1.16 bits per heavy atom. The number of hydrogen-bond donors (Lipinski definition) is 0. The number of methoxy groups -OCH3 is 1. The van der Waals surface area contributed by atoms with Crippen LogP contribution in [0.1, 0.15) is 82.7 Å². The molecular weight excluding hydrogens is 667 g/mol. The van der Waals surface area contributed by atoms with Gasteiger partial charge < -0.3 is 14.4 Å². The number of rotatable bonds is 6. The highest BCUT2D eigenvalue weighted by atomic mass is 32.2. The lowest BCUT2D eigenvalue weighted by Crippen LogP contribution is -2.49. The summed E-state index contributed by atoms with van der Waals surface area (Å²) in [5, 5.41) is 2.90. The van der Waals surface area contributed by atoms with E-state index in [0.29, 0.717) is 43.3 Å². The molecule has 1 spiro atoms. The number of aromatic nitrogens is 1. The van der Waals surface area contributed by atoms with E-state index >= 15 is 0 Å². The Kier molecular flexibility index (Phi) is 10.3. The highest BCUT2D eigenvalue weighted by Gasteiger charge is 2.44. The minimum atomic E-state index is -3.14. The molecule has 0 radical (unpaired) electrons. The van der Waals surface area contributed by atoms with E-state index in [4.69, 9.17) is 9.47 Å². The van der Waals surface area contributed by atoms with Crippen molar-refractivity contribution in [1.82, 2.24) is 4.98 Å². The normalized spacial score (nSPS) is 28.7. The van der Waals surface area contributed by atoms with Crippen LogP contribution in [0.3, 0.4) is 0 Å². The number of nitrogens with zero attached hydrogens (tertiary/aromatic N) is 3. The molecule has 2 bridgehead atoms. The fourth-order valence-electron chi connectivity index (χ4n) is 8.47. The topological polar surface area (TPSA) is 98.2 Å². The van der Waals surface area contributed by atoms with Crippen LogP contribution in [-0.2, 0) is 37.5 Å². The lowest BCUT2D eigenvalue weighted by molar-refractivity contribution is -0.116. The number of thiazole rings is 1. The quantitative estimate of drug-likeness (QED) is 0.245. The molecule has 266 valence electrons. The average molecular weight is 716 g/mol. The van der Waals surface area contributed by atoms with Crippen LogP contribution in [0.5, 0.6) is 5.75 Å². The van der Waals surface area contributed by atoms with Gasteiger partial charge in [0.2, 0.25) is 0 Å². The first-order chi connectivity index (χ1) is 24.1. The minimum absolute atomic E-state index is 0.00502. The van der Waals surface area contributed by atoms with Crippen LogP contribution in [0.4, 0.5) is 5.69 Å². The summed E-state index contributed by atoms with van der Waals surface area (Å²) in [5.74, 6) is 0.814. The zero-order valence-electron chi connectivity index (χ0n) is 29.5. The maximum Gasteiger partial charge on any atom is 0.285 e. The predicted octanol–water partition coefficient (Wildman–Crippen LogP) is 7.43. The number of ether oxygens (including phenoxy) is 2. The molecule has 8 nitrogen and oxygen atoms in total. The zero-order valence-corrected chi connectivity index (χ0v) is 31.2. The van der Waals surface area contributed by atoms with Gasteiger partial charge in [0.25, 0.3) is 5.91 Å². The number of Topliss-reactive ketones (excluding diaryl/α,β-unsaturated/α-hetero) is 1. The number of fused-ring (bicyclic) bond motifs is 4. The standard InChI is InChI=1S/C40H49N3O5S2/c1-27-10-16-35-29(20-27)8-7-18-40(35)25-43-22-31-11-15-34(31)37(47-3)9-5-4-6-19-50(46,24-33(44)14-13-32-23-49-28(2)41-32)42-39(45)30-12-17-38(48-26-40)36(43)21-30/h5,9-10,12,16-17,20-21,23,31,34,37H,4,6-8,11,13-15,18-19,22,24-26H2,1-3H3/b9-5+/t31-,34+,37-,40-,50?/m0/s1. The van der Waals surface area contributed by atoms with Crippen LogP contribution >= 0.6 is 11.3 Å². The lowest BCUT2D eigenvalue weighted by Gasteiger charge is -2.46. The number of allylic oxidation sites excluding steroid dienone is 1. The summed E-state index contributed by atoms with van der Waals surface area (Å²) in [4.78, 5) is 34.0. The Morgan fingerprint density at radius 2 is 2.04 bits per heavy atom. The Labute approximate surface area is 300 Å². The summed E-state index contributed by atoms with van der Waals surface area (Å²) in [6.45, 7) is 6.27. The molecule has 4 aliphatic rings. The van der Waals surface area contributed by atoms with Gasteiger partial charge in [-0.3, -0.25) is 9.59 Å². The number of benzene rings is 2. The maximum absolute atomic E-state index is 14.4. The Hall–Kier alpha value is -3.34. The Balaban J connectivity index is 1.24. The third-order valence-corrected chi connectivity index (χ3v) is 14.2. The number of carbonyl (C=O) groups is 2. The minimum Gasteiger partial charge on any atom is -0.490 e. The molecule has 2 aliphatic heterocycles. The fourth-order valence-corrected chi connectivity index (χ4v) is 11.1. The van der Waals surface area contributed by atoms with Crippen molar-refractivity contribution >= 4 is 38.4 Å². The molecule has 2 aromatic carbocycles. The van der Waals surface area contributed by atoms with Crippen LogP contribution in [0.15, 0.2) is 58.3 Å². The molecule has 10 heteroatoms. The van der Waals surface area contributed by atoms with Gasteiger partial charge in [0.15, 0.2) is 0 Å². The Bertz CT molecular complexity index is 1910.